The normalized spacial score (nSPS) is 18.7. The van der Waals surface area contributed by atoms with E-state index < -0.39 is 11.5 Å². The monoisotopic (exact) mass is 387 g/mol. The molecular weight excluding hydrogens is 366 g/mol. The fourth-order valence-electron chi connectivity index (χ4n) is 4.19. The lowest BCUT2D eigenvalue weighted by Gasteiger charge is -2.31. The molecule has 0 saturated carbocycles. The fraction of sp³-hybridized carbons (Fsp3) is 0.474. The van der Waals surface area contributed by atoms with Crippen molar-refractivity contribution in [2.45, 2.75) is 52.1 Å². The molecule has 27 heavy (non-hydrogen) atoms. The van der Waals surface area contributed by atoms with Crippen molar-refractivity contribution < 1.29 is 14.7 Å². The van der Waals surface area contributed by atoms with Gasteiger partial charge in [0.25, 0.3) is 5.56 Å². The van der Waals surface area contributed by atoms with Crippen molar-refractivity contribution in [1.29, 1.82) is 0 Å². The van der Waals surface area contributed by atoms with E-state index in [-0.39, 0.29) is 17.5 Å². The summed E-state index contributed by atoms with van der Waals surface area (Å²) < 4.78 is 1.54. The highest BCUT2D eigenvalue weighted by molar-refractivity contribution is 7.11. The van der Waals surface area contributed by atoms with Gasteiger partial charge < -0.3 is 14.6 Å². The summed E-state index contributed by atoms with van der Waals surface area (Å²) in [5.41, 5.74) is 1.57. The molecule has 0 radical (unpaired) electrons. The summed E-state index contributed by atoms with van der Waals surface area (Å²) in [5, 5.41) is 10.7. The molecule has 2 aromatic heterocycles. The molecule has 0 aromatic carbocycles. The Kier molecular flexibility index (Phi) is 4.38. The number of carbonyl (C=O) groups is 2. The van der Waals surface area contributed by atoms with Crippen molar-refractivity contribution in [3.63, 3.8) is 0 Å². The number of nitrogens with zero attached hydrogens (tertiary/aromatic N) is 3. The van der Waals surface area contributed by atoms with E-state index in [1.807, 2.05) is 6.92 Å². The molecule has 2 aliphatic rings. The van der Waals surface area contributed by atoms with Crippen LogP contribution in [0.1, 0.15) is 62.9 Å². The van der Waals surface area contributed by atoms with Crippen molar-refractivity contribution in [3.8, 4) is 0 Å². The summed E-state index contributed by atoms with van der Waals surface area (Å²) in [4.78, 5) is 44.2. The second-order valence-corrected chi connectivity index (χ2v) is 8.45. The zero-order chi connectivity index (χ0) is 19.3. The number of pyridine rings is 1. The highest BCUT2D eigenvalue weighted by atomic mass is 32.1. The Bertz CT molecular complexity index is 1010. The molecule has 0 spiro atoms. The van der Waals surface area contributed by atoms with Gasteiger partial charge in [0, 0.05) is 31.1 Å². The zero-order valence-electron chi connectivity index (χ0n) is 15.3. The summed E-state index contributed by atoms with van der Waals surface area (Å²) in [6, 6.07) is -0.248. The number of carboxylic acids is 1. The van der Waals surface area contributed by atoms with Crippen LogP contribution in [-0.4, -0.2) is 38.0 Å². The number of aryl methyl sites for hydroxylation is 2. The largest absolute Gasteiger partial charge is 0.477 e. The van der Waals surface area contributed by atoms with Gasteiger partial charge >= 0.3 is 5.97 Å². The van der Waals surface area contributed by atoms with Crippen LogP contribution in [0.4, 0.5) is 0 Å². The van der Waals surface area contributed by atoms with E-state index in [0.29, 0.717) is 25.1 Å². The molecule has 1 N–H and O–H groups in total. The topological polar surface area (TPSA) is 92.5 Å². The van der Waals surface area contributed by atoms with Gasteiger partial charge in [-0.1, -0.05) is 0 Å². The molecule has 0 bridgehead atoms. The van der Waals surface area contributed by atoms with E-state index in [1.54, 1.807) is 27.0 Å². The van der Waals surface area contributed by atoms with Crippen molar-refractivity contribution >= 4 is 23.2 Å². The maximum atomic E-state index is 13.1. The number of hydrogen-bond acceptors (Lipinski definition) is 5. The van der Waals surface area contributed by atoms with Crippen LogP contribution < -0.4 is 5.56 Å². The molecule has 0 saturated heterocycles. The van der Waals surface area contributed by atoms with Crippen molar-refractivity contribution in [2.75, 3.05) is 6.54 Å². The molecule has 1 aliphatic carbocycles. The minimum Gasteiger partial charge on any atom is -0.477 e. The number of fused-ring (bicyclic) bond motifs is 2. The third-order valence-electron chi connectivity index (χ3n) is 5.45. The second-order valence-electron chi connectivity index (χ2n) is 7.17. The Morgan fingerprint density at radius 3 is 2.81 bits per heavy atom. The number of carbonyl (C=O) groups excluding carboxylic acids is 1. The molecule has 7 nitrogen and oxygen atoms in total. The predicted molar refractivity (Wildman–Crippen MR) is 100 cm³/mol. The van der Waals surface area contributed by atoms with Gasteiger partial charge in [-0.15, -0.1) is 11.3 Å². The molecule has 1 aliphatic heterocycles. The lowest BCUT2D eigenvalue weighted by atomic mass is 9.93. The zero-order valence-corrected chi connectivity index (χ0v) is 16.1. The van der Waals surface area contributed by atoms with Gasteiger partial charge in [-0.05, 0) is 43.7 Å². The number of thiazole rings is 1. The molecule has 8 heteroatoms. The molecule has 3 heterocycles. The summed E-state index contributed by atoms with van der Waals surface area (Å²) in [7, 11) is 0. The molecule has 1 atom stereocenters. The van der Waals surface area contributed by atoms with E-state index in [1.165, 1.54) is 11.8 Å². The molecule has 1 amide bonds. The quantitative estimate of drug-likeness (QED) is 0.852. The lowest BCUT2D eigenvalue weighted by molar-refractivity contribution is -0.129. The summed E-state index contributed by atoms with van der Waals surface area (Å²) in [5.74, 6) is -1.25. The van der Waals surface area contributed by atoms with Crippen LogP contribution in [-0.2, 0) is 24.2 Å². The maximum absolute atomic E-state index is 13.1. The smallest absolute Gasteiger partial charge is 0.341 e. The number of aromatic nitrogens is 2. The van der Waals surface area contributed by atoms with Gasteiger partial charge in [0.15, 0.2) is 0 Å². The van der Waals surface area contributed by atoms with Crippen LogP contribution in [0.15, 0.2) is 11.0 Å². The van der Waals surface area contributed by atoms with Crippen LogP contribution in [0.25, 0.3) is 0 Å². The highest BCUT2D eigenvalue weighted by Crippen LogP contribution is 2.35. The van der Waals surface area contributed by atoms with Gasteiger partial charge in [-0.25, -0.2) is 9.78 Å². The number of hydrogen-bond donors (Lipinski definition) is 1. The summed E-state index contributed by atoms with van der Waals surface area (Å²) in [6.45, 7) is 4.22. The minimum atomic E-state index is -1.20. The van der Waals surface area contributed by atoms with Crippen molar-refractivity contribution in [3.05, 3.63) is 48.8 Å². The first-order valence-electron chi connectivity index (χ1n) is 9.08. The van der Waals surface area contributed by atoms with Gasteiger partial charge in [0.05, 0.1) is 16.7 Å². The van der Waals surface area contributed by atoms with Gasteiger partial charge in [0.2, 0.25) is 5.91 Å². The fourth-order valence-corrected chi connectivity index (χ4v) is 5.22. The standard InChI is InChI=1S/C19H21N3O4S/c1-10-20-17-14(4-3-5-15(17)27-10)22-9-12-8-21(11(2)23)7-6-13(12)16(18(22)24)19(25)26/h9,14H,3-8H2,1-2H3,(H,25,26). The third kappa shape index (κ3) is 2.97. The number of aromatic carboxylic acids is 1. The number of rotatable bonds is 2. The van der Waals surface area contributed by atoms with E-state index in [4.69, 9.17) is 0 Å². The SMILES string of the molecule is CC(=O)N1CCc2c(cn(C3CCCc4sc(C)nc43)c(=O)c2C(=O)O)C1. The second kappa shape index (κ2) is 6.60. The number of amides is 1. The predicted octanol–water partition coefficient (Wildman–Crippen LogP) is 2.14. The highest BCUT2D eigenvalue weighted by Gasteiger charge is 2.31. The lowest BCUT2D eigenvalue weighted by Crippen LogP contribution is -2.40. The van der Waals surface area contributed by atoms with Crippen LogP contribution in [0.5, 0.6) is 0 Å². The average molecular weight is 387 g/mol. The number of carboxylic acid groups (broad SMARTS) is 1. The van der Waals surface area contributed by atoms with E-state index in [0.717, 1.165) is 35.5 Å². The first kappa shape index (κ1) is 17.9. The van der Waals surface area contributed by atoms with Gasteiger partial charge in [-0.2, -0.15) is 0 Å². The van der Waals surface area contributed by atoms with E-state index >= 15 is 0 Å². The van der Waals surface area contributed by atoms with E-state index in [9.17, 15) is 19.5 Å². The Labute approximate surface area is 160 Å². The molecule has 2 aromatic rings. The first-order valence-corrected chi connectivity index (χ1v) is 9.90. The Morgan fingerprint density at radius 1 is 1.33 bits per heavy atom. The van der Waals surface area contributed by atoms with Crippen molar-refractivity contribution in [1.82, 2.24) is 14.5 Å². The third-order valence-corrected chi connectivity index (χ3v) is 6.50. The Hall–Kier alpha value is -2.48. The first-order chi connectivity index (χ1) is 12.9. The van der Waals surface area contributed by atoms with Gasteiger partial charge in [0.1, 0.15) is 5.56 Å². The molecule has 4 rings (SSSR count). The molecule has 142 valence electrons. The van der Waals surface area contributed by atoms with Crippen LogP contribution in [0, 0.1) is 6.92 Å². The van der Waals surface area contributed by atoms with Crippen LogP contribution in [0.2, 0.25) is 0 Å². The minimum absolute atomic E-state index is 0.0506. The van der Waals surface area contributed by atoms with Crippen LogP contribution in [0.3, 0.4) is 0 Å². The van der Waals surface area contributed by atoms with Gasteiger partial charge in [-0.3, -0.25) is 9.59 Å². The van der Waals surface area contributed by atoms with Crippen molar-refractivity contribution in [2.24, 2.45) is 0 Å². The Morgan fingerprint density at radius 2 is 2.11 bits per heavy atom. The Balaban J connectivity index is 1.89. The average Bonchev–Trinajstić information content (AvgIpc) is 3.00. The molecule has 1 unspecified atom stereocenters. The van der Waals surface area contributed by atoms with Crippen LogP contribution >= 0.6 is 11.3 Å². The molecule has 0 fully saturated rings. The summed E-state index contributed by atoms with van der Waals surface area (Å²) >= 11 is 1.64. The van der Waals surface area contributed by atoms with E-state index in [2.05, 4.69) is 4.98 Å². The molecular formula is C19H21N3O4S. The summed E-state index contributed by atoms with van der Waals surface area (Å²) in [6.07, 6.45) is 4.78. The maximum Gasteiger partial charge on any atom is 0.341 e.